The van der Waals surface area contributed by atoms with Crippen molar-refractivity contribution in [3.05, 3.63) is 29.9 Å². The maximum absolute atomic E-state index is 13.9. The Morgan fingerprint density at radius 2 is 2.17 bits per heavy atom. The van der Waals surface area contributed by atoms with Crippen molar-refractivity contribution in [3.8, 4) is 11.4 Å². The molecule has 4 nitrogen and oxygen atoms in total. The largest absolute Gasteiger partial charge is 0.339 e. The lowest BCUT2D eigenvalue weighted by molar-refractivity contribution is 0.297. The van der Waals surface area contributed by atoms with Crippen molar-refractivity contribution >= 4 is 11.8 Å². The summed E-state index contributed by atoms with van der Waals surface area (Å²) in [6, 6.07) is 5.06. The standard InChI is InChI=1S/C17H22FN3OS/c1-11(9-12-5-7-19-8-6-12)17-20-16(21-22-17)13-3-4-15(23-2)14(18)10-13/h3-4,10-12,19H,5-9H2,1-2H3. The van der Waals surface area contributed by atoms with Crippen LogP contribution in [0.4, 0.5) is 4.39 Å². The molecule has 1 aliphatic heterocycles. The fraction of sp³-hybridized carbons (Fsp3) is 0.529. The van der Waals surface area contributed by atoms with Gasteiger partial charge in [-0.15, -0.1) is 11.8 Å². The zero-order chi connectivity index (χ0) is 16.2. The lowest BCUT2D eigenvalue weighted by atomic mass is 9.88. The molecule has 23 heavy (non-hydrogen) atoms. The first-order valence-electron chi connectivity index (χ1n) is 8.05. The molecule has 1 saturated heterocycles. The van der Waals surface area contributed by atoms with Gasteiger partial charge in [0.2, 0.25) is 11.7 Å². The Kier molecular flexibility index (Phi) is 5.33. The van der Waals surface area contributed by atoms with Crippen molar-refractivity contribution in [1.82, 2.24) is 15.5 Å². The highest BCUT2D eigenvalue weighted by Crippen LogP contribution is 2.29. The van der Waals surface area contributed by atoms with Crippen LogP contribution in [-0.4, -0.2) is 29.5 Å². The fourth-order valence-electron chi connectivity index (χ4n) is 3.08. The number of nitrogens with zero attached hydrogens (tertiary/aromatic N) is 2. The summed E-state index contributed by atoms with van der Waals surface area (Å²) in [7, 11) is 0. The Morgan fingerprint density at radius 1 is 1.39 bits per heavy atom. The highest BCUT2D eigenvalue weighted by atomic mass is 32.2. The number of nitrogens with one attached hydrogen (secondary N) is 1. The SMILES string of the molecule is CSc1ccc(-c2noc(C(C)CC3CCNCC3)n2)cc1F. The van der Waals surface area contributed by atoms with Crippen LogP contribution in [-0.2, 0) is 0 Å². The third-order valence-electron chi connectivity index (χ3n) is 4.42. The van der Waals surface area contributed by atoms with Crippen LogP contribution in [0.15, 0.2) is 27.6 Å². The molecule has 0 radical (unpaired) electrons. The number of halogens is 1. The fourth-order valence-corrected chi connectivity index (χ4v) is 3.53. The smallest absolute Gasteiger partial charge is 0.229 e. The number of thioether (sulfide) groups is 1. The van der Waals surface area contributed by atoms with Crippen molar-refractivity contribution in [1.29, 1.82) is 0 Å². The van der Waals surface area contributed by atoms with E-state index < -0.39 is 0 Å². The number of hydrogen-bond donors (Lipinski definition) is 1. The van der Waals surface area contributed by atoms with Crippen LogP contribution >= 0.6 is 11.8 Å². The Labute approximate surface area is 140 Å². The van der Waals surface area contributed by atoms with E-state index in [0.717, 1.165) is 19.5 Å². The van der Waals surface area contributed by atoms with E-state index >= 15 is 0 Å². The molecule has 1 N–H and O–H groups in total. The van der Waals surface area contributed by atoms with Crippen LogP contribution in [0.1, 0.15) is 38.0 Å². The highest BCUT2D eigenvalue weighted by molar-refractivity contribution is 7.98. The minimum atomic E-state index is -0.246. The number of hydrogen-bond acceptors (Lipinski definition) is 5. The van der Waals surface area contributed by atoms with Crippen LogP contribution in [0.5, 0.6) is 0 Å². The van der Waals surface area contributed by atoms with Gasteiger partial charge in [0, 0.05) is 16.4 Å². The molecule has 1 aromatic carbocycles. The summed E-state index contributed by atoms with van der Waals surface area (Å²) in [5.74, 6) is 1.80. The number of piperidine rings is 1. The summed E-state index contributed by atoms with van der Waals surface area (Å²) in [6.07, 6.45) is 5.31. The summed E-state index contributed by atoms with van der Waals surface area (Å²) in [6.45, 7) is 4.30. The van der Waals surface area contributed by atoms with Crippen molar-refractivity contribution in [2.75, 3.05) is 19.3 Å². The van der Waals surface area contributed by atoms with E-state index in [-0.39, 0.29) is 11.7 Å². The normalized spacial score (nSPS) is 17.3. The molecule has 1 aliphatic rings. The first kappa shape index (κ1) is 16.5. The van der Waals surface area contributed by atoms with Crippen molar-refractivity contribution < 1.29 is 8.91 Å². The van der Waals surface area contributed by atoms with E-state index in [4.69, 9.17) is 4.52 Å². The number of rotatable bonds is 5. The third-order valence-corrected chi connectivity index (χ3v) is 5.19. The lowest BCUT2D eigenvalue weighted by Gasteiger charge is -2.23. The predicted molar refractivity (Wildman–Crippen MR) is 90.1 cm³/mol. The summed E-state index contributed by atoms with van der Waals surface area (Å²) >= 11 is 1.38. The van der Waals surface area contributed by atoms with E-state index in [1.165, 1.54) is 30.7 Å². The van der Waals surface area contributed by atoms with Gasteiger partial charge < -0.3 is 9.84 Å². The molecule has 1 fully saturated rings. The van der Waals surface area contributed by atoms with E-state index in [9.17, 15) is 4.39 Å². The topological polar surface area (TPSA) is 51.0 Å². The Hall–Kier alpha value is -1.40. The Bertz CT molecular complexity index is 655. The van der Waals surface area contributed by atoms with Gasteiger partial charge in [-0.2, -0.15) is 4.98 Å². The van der Waals surface area contributed by atoms with E-state index in [2.05, 4.69) is 22.4 Å². The van der Waals surface area contributed by atoms with Gasteiger partial charge in [-0.05, 0) is 62.7 Å². The van der Waals surface area contributed by atoms with Crippen molar-refractivity contribution in [2.24, 2.45) is 5.92 Å². The summed E-state index contributed by atoms with van der Waals surface area (Å²) in [5.41, 5.74) is 0.657. The second-order valence-corrected chi connectivity index (χ2v) is 6.98. The molecule has 1 atom stereocenters. The first-order chi connectivity index (χ1) is 11.2. The molecule has 0 bridgehead atoms. The van der Waals surface area contributed by atoms with E-state index in [1.807, 2.05) is 12.3 Å². The van der Waals surface area contributed by atoms with Crippen LogP contribution in [0, 0.1) is 11.7 Å². The second kappa shape index (κ2) is 7.45. The van der Waals surface area contributed by atoms with Gasteiger partial charge >= 0.3 is 0 Å². The summed E-state index contributed by atoms with van der Waals surface area (Å²) in [4.78, 5) is 5.10. The van der Waals surface area contributed by atoms with Crippen molar-refractivity contribution in [2.45, 2.75) is 37.0 Å². The quantitative estimate of drug-likeness (QED) is 0.834. The minimum Gasteiger partial charge on any atom is -0.339 e. The van der Waals surface area contributed by atoms with E-state index in [1.54, 1.807) is 6.07 Å². The van der Waals surface area contributed by atoms with Crippen molar-refractivity contribution in [3.63, 3.8) is 0 Å². The highest BCUT2D eigenvalue weighted by Gasteiger charge is 2.21. The lowest BCUT2D eigenvalue weighted by Crippen LogP contribution is -2.28. The monoisotopic (exact) mass is 335 g/mol. The molecule has 0 amide bonds. The van der Waals surface area contributed by atoms with E-state index in [0.29, 0.717) is 28.1 Å². The van der Waals surface area contributed by atoms with Gasteiger partial charge in [-0.25, -0.2) is 4.39 Å². The molecule has 3 rings (SSSR count). The maximum Gasteiger partial charge on any atom is 0.229 e. The van der Waals surface area contributed by atoms with Crippen LogP contribution in [0.2, 0.25) is 0 Å². The van der Waals surface area contributed by atoms with Crippen LogP contribution in [0.25, 0.3) is 11.4 Å². The molecule has 2 aromatic rings. The molecule has 0 saturated carbocycles. The van der Waals surface area contributed by atoms with Crippen LogP contribution in [0.3, 0.4) is 0 Å². The zero-order valence-corrected chi connectivity index (χ0v) is 14.3. The molecule has 0 aliphatic carbocycles. The zero-order valence-electron chi connectivity index (χ0n) is 13.5. The molecule has 0 spiro atoms. The third kappa shape index (κ3) is 3.93. The van der Waals surface area contributed by atoms with Gasteiger partial charge in [0.05, 0.1) is 0 Å². The minimum absolute atomic E-state index is 0.231. The number of aromatic nitrogens is 2. The predicted octanol–water partition coefficient (Wildman–Crippen LogP) is 4.09. The Balaban J connectivity index is 1.70. The second-order valence-electron chi connectivity index (χ2n) is 6.14. The first-order valence-corrected chi connectivity index (χ1v) is 9.28. The molecular weight excluding hydrogens is 313 g/mol. The number of benzene rings is 1. The van der Waals surface area contributed by atoms with Gasteiger partial charge in [0.1, 0.15) is 5.82 Å². The molecular formula is C17H22FN3OS. The van der Waals surface area contributed by atoms with Crippen LogP contribution < -0.4 is 5.32 Å². The molecule has 1 aromatic heterocycles. The van der Waals surface area contributed by atoms with Gasteiger partial charge in [-0.1, -0.05) is 12.1 Å². The van der Waals surface area contributed by atoms with Gasteiger partial charge in [-0.3, -0.25) is 0 Å². The average Bonchev–Trinajstić information content (AvgIpc) is 3.06. The molecule has 6 heteroatoms. The summed E-state index contributed by atoms with van der Waals surface area (Å²) in [5, 5.41) is 7.40. The van der Waals surface area contributed by atoms with Gasteiger partial charge in [0.15, 0.2) is 0 Å². The van der Waals surface area contributed by atoms with Gasteiger partial charge in [0.25, 0.3) is 0 Å². The molecule has 2 heterocycles. The average molecular weight is 335 g/mol. The molecule has 1 unspecified atom stereocenters. The maximum atomic E-state index is 13.9. The molecule has 124 valence electrons. The Morgan fingerprint density at radius 3 is 2.87 bits per heavy atom. The summed E-state index contributed by atoms with van der Waals surface area (Å²) < 4.78 is 19.3.